The van der Waals surface area contributed by atoms with Crippen LogP contribution >= 0.6 is 0 Å². The van der Waals surface area contributed by atoms with E-state index in [0.29, 0.717) is 12.0 Å². The van der Waals surface area contributed by atoms with Gasteiger partial charge in [0.25, 0.3) is 0 Å². The zero-order valence-corrected chi connectivity index (χ0v) is 9.82. The number of rotatable bonds is 4. The highest BCUT2D eigenvalue weighted by Gasteiger charge is 2.25. The van der Waals surface area contributed by atoms with Crippen molar-refractivity contribution in [2.24, 2.45) is 11.7 Å². The minimum Gasteiger partial charge on any atom is -0.330 e. The highest BCUT2D eigenvalue weighted by Crippen LogP contribution is 2.24. The molecule has 16 heavy (non-hydrogen) atoms. The number of hydrogen-bond acceptors (Lipinski definition) is 4. The molecule has 3 N–H and O–H groups in total. The number of nitrogens with zero attached hydrogens (tertiary/aromatic N) is 2. The molecule has 0 bridgehead atoms. The number of hydrogen-bond donors (Lipinski definition) is 2. The lowest BCUT2D eigenvalue weighted by Gasteiger charge is -2.19. The lowest BCUT2D eigenvalue weighted by Crippen LogP contribution is -2.35. The van der Waals surface area contributed by atoms with Crippen molar-refractivity contribution in [1.29, 1.82) is 0 Å². The average Bonchev–Trinajstić information content (AvgIpc) is 2.74. The van der Waals surface area contributed by atoms with Crippen molar-refractivity contribution in [1.82, 2.24) is 15.3 Å². The zero-order chi connectivity index (χ0) is 11.4. The second-order valence-corrected chi connectivity index (χ2v) is 4.51. The minimum atomic E-state index is 0.570. The Kier molecular flexibility index (Phi) is 3.85. The van der Waals surface area contributed by atoms with E-state index in [1.54, 1.807) is 0 Å². The first kappa shape index (κ1) is 11.5. The predicted molar refractivity (Wildman–Crippen MR) is 63.8 cm³/mol. The van der Waals surface area contributed by atoms with Gasteiger partial charge in [-0.1, -0.05) is 6.42 Å². The van der Waals surface area contributed by atoms with E-state index in [9.17, 15) is 0 Å². The Morgan fingerprint density at radius 2 is 2.38 bits per heavy atom. The molecule has 1 aliphatic carbocycles. The second-order valence-electron chi connectivity index (χ2n) is 4.51. The van der Waals surface area contributed by atoms with Crippen LogP contribution < -0.4 is 11.1 Å². The Morgan fingerprint density at radius 1 is 1.50 bits per heavy atom. The van der Waals surface area contributed by atoms with Crippen molar-refractivity contribution in [2.75, 3.05) is 6.54 Å². The van der Waals surface area contributed by atoms with Gasteiger partial charge in [0.05, 0.1) is 5.69 Å². The Hall–Kier alpha value is -1.00. The highest BCUT2D eigenvalue weighted by molar-refractivity contribution is 5.01. The summed E-state index contributed by atoms with van der Waals surface area (Å²) in [5.41, 5.74) is 6.82. The van der Waals surface area contributed by atoms with E-state index in [-0.39, 0.29) is 0 Å². The number of aromatic nitrogens is 2. The van der Waals surface area contributed by atoms with E-state index in [2.05, 4.69) is 15.3 Å². The molecular weight excluding hydrogens is 200 g/mol. The van der Waals surface area contributed by atoms with Crippen LogP contribution in [0.25, 0.3) is 0 Å². The summed E-state index contributed by atoms with van der Waals surface area (Å²) in [6, 6.07) is 2.53. The number of aryl methyl sites for hydroxylation is 1. The molecule has 0 radical (unpaired) electrons. The van der Waals surface area contributed by atoms with E-state index in [0.717, 1.165) is 24.6 Å². The van der Waals surface area contributed by atoms with E-state index >= 15 is 0 Å². The van der Waals surface area contributed by atoms with E-state index in [1.165, 1.54) is 19.3 Å². The molecule has 0 spiro atoms. The third-order valence-corrected chi connectivity index (χ3v) is 3.34. The Morgan fingerprint density at radius 3 is 3.12 bits per heavy atom. The largest absolute Gasteiger partial charge is 0.330 e. The third-order valence-electron chi connectivity index (χ3n) is 3.34. The molecule has 1 aromatic heterocycles. The van der Waals surface area contributed by atoms with Gasteiger partial charge in [-0.2, -0.15) is 0 Å². The maximum Gasteiger partial charge on any atom is 0.125 e. The molecule has 0 saturated heterocycles. The van der Waals surface area contributed by atoms with Gasteiger partial charge >= 0.3 is 0 Å². The van der Waals surface area contributed by atoms with Crippen molar-refractivity contribution in [2.45, 2.75) is 38.8 Å². The van der Waals surface area contributed by atoms with Gasteiger partial charge in [0, 0.05) is 18.8 Å². The minimum absolute atomic E-state index is 0.570. The Balaban J connectivity index is 1.87. The van der Waals surface area contributed by atoms with Gasteiger partial charge in [0.2, 0.25) is 0 Å². The van der Waals surface area contributed by atoms with Gasteiger partial charge in [-0.05, 0) is 38.3 Å². The number of nitrogens with one attached hydrogen (secondary N) is 1. The van der Waals surface area contributed by atoms with Crippen LogP contribution in [-0.2, 0) is 6.54 Å². The van der Waals surface area contributed by atoms with Crippen LogP contribution in [0, 0.1) is 12.8 Å². The molecule has 4 heteroatoms. The molecule has 1 fully saturated rings. The van der Waals surface area contributed by atoms with Crippen LogP contribution in [0.1, 0.15) is 30.8 Å². The quantitative estimate of drug-likeness (QED) is 0.794. The summed E-state index contributed by atoms with van der Waals surface area (Å²) in [4.78, 5) is 8.47. The van der Waals surface area contributed by atoms with Gasteiger partial charge < -0.3 is 11.1 Å². The number of nitrogens with two attached hydrogens (primary N) is 1. The summed E-state index contributed by atoms with van der Waals surface area (Å²) in [7, 11) is 0. The van der Waals surface area contributed by atoms with E-state index < -0.39 is 0 Å². The Bertz CT molecular complexity index is 340. The van der Waals surface area contributed by atoms with Crippen molar-refractivity contribution >= 4 is 0 Å². The molecule has 0 aromatic carbocycles. The molecule has 1 aromatic rings. The normalized spacial score (nSPS) is 24.9. The summed E-state index contributed by atoms with van der Waals surface area (Å²) in [6.45, 7) is 3.53. The fourth-order valence-electron chi connectivity index (χ4n) is 2.43. The molecular formula is C12H20N4. The topological polar surface area (TPSA) is 63.8 Å². The molecule has 1 heterocycles. The van der Waals surface area contributed by atoms with Crippen molar-refractivity contribution in [3.8, 4) is 0 Å². The molecule has 2 unspecified atom stereocenters. The summed E-state index contributed by atoms with van der Waals surface area (Å²) in [5, 5.41) is 3.56. The van der Waals surface area contributed by atoms with Crippen LogP contribution in [-0.4, -0.2) is 22.6 Å². The van der Waals surface area contributed by atoms with Crippen molar-refractivity contribution in [3.05, 3.63) is 23.8 Å². The summed E-state index contributed by atoms with van der Waals surface area (Å²) in [6.07, 6.45) is 5.61. The van der Waals surface area contributed by atoms with Crippen LogP contribution in [0.5, 0.6) is 0 Å². The zero-order valence-electron chi connectivity index (χ0n) is 9.82. The predicted octanol–water partition coefficient (Wildman–Crippen LogP) is 1.00. The van der Waals surface area contributed by atoms with Gasteiger partial charge in [0.15, 0.2) is 0 Å². The van der Waals surface area contributed by atoms with Gasteiger partial charge in [0.1, 0.15) is 5.82 Å². The molecule has 4 nitrogen and oxygen atoms in total. The van der Waals surface area contributed by atoms with Crippen LogP contribution in [0.3, 0.4) is 0 Å². The smallest absolute Gasteiger partial charge is 0.125 e. The first-order valence-electron chi connectivity index (χ1n) is 6.01. The maximum absolute atomic E-state index is 5.75. The maximum atomic E-state index is 5.75. The third kappa shape index (κ3) is 2.77. The molecule has 2 atom stereocenters. The second kappa shape index (κ2) is 5.37. The Labute approximate surface area is 96.7 Å². The molecule has 88 valence electrons. The molecule has 1 aliphatic rings. The summed E-state index contributed by atoms with van der Waals surface area (Å²) in [5.74, 6) is 1.48. The summed E-state index contributed by atoms with van der Waals surface area (Å²) < 4.78 is 0. The molecule has 0 aliphatic heterocycles. The van der Waals surface area contributed by atoms with Crippen LogP contribution in [0.15, 0.2) is 12.3 Å². The monoisotopic (exact) mass is 220 g/mol. The standard InChI is InChI=1S/C12H20N4/c1-9-14-6-5-11(16-9)8-15-12-4-2-3-10(12)7-13/h5-6,10,12,15H,2-4,7-8,13H2,1H3. The molecule has 1 saturated carbocycles. The van der Waals surface area contributed by atoms with Crippen molar-refractivity contribution in [3.63, 3.8) is 0 Å². The SMILES string of the molecule is Cc1nccc(CNC2CCCC2CN)n1. The fourth-order valence-corrected chi connectivity index (χ4v) is 2.43. The van der Waals surface area contributed by atoms with Gasteiger partial charge in [-0.3, -0.25) is 0 Å². The molecule has 0 amide bonds. The average molecular weight is 220 g/mol. The van der Waals surface area contributed by atoms with E-state index in [4.69, 9.17) is 5.73 Å². The van der Waals surface area contributed by atoms with Crippen molar-refractivity contribution < 1.29 is 0 Å². The lowest BCUT2D eigenvalue weighted by atomic mass is 10.0. The fraction of sp³-hybridized carbons (Fsp3) is 0.667. The highest BCUT2D eigenvalue weighted by atomic mass is 15.0. The van der Waals surface area contributed by atoms with Crippen LogP contribution in [0.2, 0.25) is 0 Å². The van der Waals surface area contributed by atoms with Crippen LogP contribution in [0.4, 0.5) is 0 Å². The van der Waals surface area contributed by atoms with E-state index in [1.807, 2.05) is 19.2 Å². The lowest BCUT2D eigenvalue weighted by molar-refractivity contribution is 0.404. The first-order chi connectivity index (χ1) is 7.79. The summed E-state index contributed by atoms with van der Waals surface area (Å²) >= 11 is 0. The molecule has 2 rings (SSSR count). The van der Waals surface area contributed by atoms with Gasteiger partial charge in [-0.15, -0.1) is 0 Å². The first-order valence-corrected chi connectivity index (χ1v) is 6.01. The van der Waals surface area contributed by atoms with Gasteiger partial charge in [-0.25, -0.2) is 9.97 Å².